The SMILES string of the molecule is CCCON=C([C]=O)C#N. The maximum atomic E-state index is 9.77. The Kier molecular flexibility index (Phi) is 4.97. The highest BCUT2D eigenvalue weighted by Gasteiger charge is 1.93. The molecule has 0 aromatic carbocycles. The van der Waals surface area contributed by atoms with E-state index in [0.29, 0.717) is 6.61 Å². The topological polar surface area (TPSA) is 62.4 Å². The van der Waals surface area contributed by atoms with Crippen LogP contribution in [-0.2, 0) is 9.63 Å². The van der Waals surface area contributed by atoms with Gasteiger partial charge in [-0.25, -0.2) is 0 Å². The van der Waals surface area contributed by atoms with Crippen LogP contribution in [-0.4, -0.2) is 18.6 Å². The van der Waals surface area contributed by atoms with Crippen LogP contribution in [0.15, 0.2) is 5.16 Å². The number of nitrogens with zero attached hydrogens (tertiary/aromatic N) is 2. The summed E-state index contributed by atoms with van der Waals surface area (Å²) < 4.78 is 0. The second-order valence-electron chi connectivity index (χ2n) is 1.49. The first-order chi connectivity index (χ1) is 4.85. The average Bonchev–Trinajstić information content (AvgIpc) is 1.99. The Morgan fingerprint density at radius 1 is 1.80 bits per heavy atom. The molecule has 0 aromatic heterocycles. The summed E-state index contributed by atoms with van der Waals surface area (Å²) in [6, 6.07) is 1.51. The Morgan fingerprint density at radius 3 is 2.90 bits per heavy atom. The molecule has 0 unspecified atom stereocenters. The molecule has 0 aliphatic heterocycles. The number of hydrogen-bond acceptors (Lipinski definition) is 4. The van der Waals surface area contributed by atoms with Crippen molar-refractivity contribution in [1.82, 2.24) is 0 Å². The molecule has 10 heavy (non-hydrogen) atoms. The largest absolute Gasteiger partial charge is 0.395 e. The smallest absolute Gasteiger partial charge is 0.268 e. The van der Waals surface area contributed by atoms with Crippen LogP contribution in [0.4, 0.5) is 0 Å². The standard InChI is InChI=1S/C6H7N2O2/c1-2-3-10-8-6(4-7)5-9/h2-3H2,1H3. The van der Waals surface area contributed by atoms with Crippen LogP contribution in [0, 0.1) is 11.3 Å². The molecule has 53 valence electrons. The Morgan fingerprint density at radius 2 is 2.50 bits per heavy atom. The monoisotopic (exact) mass is 139 g/mol. The fraction of sp³-hybridized carbons (Fsp3) is 0.500. The molecule has 0 heterocycles. The maximum Gasteiger partial charge on any atom is 0.268 e. The summed E-state index contributed by atoms with van der Waals surface area (Å²) in [5.41, 5.74) is -0.353. The number of nitriles is 1. The number of carbonyl (C=O) groups excluding carboxylic acids is 1. The molecular weight excluding hydrogens is 132 g/mol. The first kappa shape index (κ1) is 8.63. The predicted molar refractivity (Wildman–Crippen MR) is 35.0 cm³/mol. The molecule has 0 aliphatic carbocycles. The van der Waals surface area contributed by atoms with Crippen molar-refractivity contribution in [2.75, 3.05) is 6.61 Å². The summed E-state index contributed by atoms with van der Waals surface area (Å²) in [7, 11) is 0. The second-order valence-corrected chi connectivity index (χ2v) is 1.49. The lowest BCUT2D eigenvalue weighted by molar-refractivity contribution is 0.146. The van der Waals surface area contributed by atoms with Gasteiger partial charge in [0, 0.05) is 0 Å². The minimum absolute atomic E-state index is 0.353. The van der Waals surface area contributed by atoms with Crippen LogP contribution in [0.3, 0.4) is 0 Å². The highest BCUT2D eigenvalue weighted by molar-refractivity contribution is 6.35. The van der Waals surface area contributed by atoms with Gasteiger partial charge in [-0.1, -0.05) is 12.1 Å². The summed E-state index contributed by atoms with van der Waals surface area (Å²) in [5.74, 6) is 0. The van der Waals surface area contributed by atoms with Gasteiger partial charge in [-0.2, -0.15) is 5.26 Å². The first-order valence-electron chi connectivity index (χ1n) is 2.83. The van der Waals surface area contributed by atoms with Crippen LogP contribution < -0.4 is 0 Å². The lowest BCUT2D eigenvalue weighted by atomic mass is 10.5. The van der Waals surface area contributed by atoms with Crippen molar-refractivity contribution in [3.8, 4) is 6.07 Å². The molecule has 0 N–H and O–H groups in total. The summed E-state index contributed by atoms with van der Waals surface area (Å²) in [6.07, 6.45) is 2.12. The van der Waals surface area contributed by atoms with E-state index in [4.69, 9.17) is 5.26 Å². The summed E-state index contributed by atoms with van der Waals surface area (Å²) in [5, 5.41) is 11.3. The molecule has 0 aliphatic rings. The molecule has 0 rings (SSSR count). The molecule has 0 saturated carbocycles. The molecule has 1 radical (unpaired) electrons. The van der Waals surface area contributed by atoms with Crippen LogP contribution in [0.25, 0.3) is 0 Å². The van der Waals surface area contributed by atoms with E-state index in [1.807, 2.05) is 6.92 Å². The third-order valence-corrected chi connectivity index (χ3v) is 0.654. The van der Waals surface area contributed by atoms with E-state index in [2.05, 4.69) is 9.99 Å². The number of rotatable bonds is 4. The van der Waals surface area contributed by atoms with E-state index in [9.17, 15) is 4.79 Å². The maximum absolute atomic E-state index is 9.77. The fourth-order valence-electron chi connectivity index (χ4n) is 0.263. The van der Waals surface area contributed by atoms with E-state index in [0.717, 1.165) is 6.42 Å². The minimum atomic E-state index is -0.353. The third-order valence-electron chi connectivity index (χ3n) is 0.654. The zero-order chi connectivity index (χ0) is 7.82. The van der Waals surface area contributed by atoms with Gasteiger partial charge in [0.15, 0.2) is 0 Å². The van der Waals surface area contributed by atoms with Crippen molar-refractivity contribution < 1.29 is 9.63 Å². The lowest BCUT2D eigenvalue weighted by Crippen LogP contribution is -1.96. The van der Waals surface area contributed by atoms with Crippen LogP contribution in [0.1, 0.15) is 13.3 Å². The highest BCUT2D eigenvalue weighted by Crippen LogP contribution is 1.81. The van der Waals surface area contributed by atoms with Gasteiger partial charge >= 0.3 is 0 Å². The van der Waals surface area contributed by atoms with Gasteiger partial charge in [-0.05, 0) is 6.42 Å². The van der Waals surface area contributed by atoms with E-state index in [-0.39, 0.29) is 5.71 Å². The van der Waals surface area contributed by atoms with Crippen LogP contribution in [0.5, 0.6) is 0 Å². The predicted octanol–water partition coefficient (Wildman–Crippen LogP) is 0.402. The van der Waals surface area contributed by atoms with Gasteiger partial charge in [0.2, 0.25) is 5.71 Å². The summed E-state index contributed by atoms with van der Waals surface area (Å²) >= 11 is 0. The Hall–Kier alpha value is -1.37. The second kappa shape index (κ2) is 5.76. The van der Waals surface area contributed by atoms with E-state index >= 15 is 0 Å². The van der Waals surface area contributed by atoms with Crippen LogP contribution >= 0.6 is 0 Å². The van der Waals surface area contributed by atoms with E-state index < -0.39 is 0 Å². The van der Waals surface area contributed by atoms with Crippen molar-refractivity contribution in [2.24, 2.45) is 5.16 Å². The first-order valence-corrected chi connectivity index (χ1v) is 2.83. The quantitative estimate of drug-likeness (QED) is 0.322. The Balaban J connectivity index is 3.67. The summed E-state index contributed by atoms with van der Waals surface area (Å²) in [4.78, 5) is 14.3. The van der Waals surface area contributed by atoms with Gasteiger partial charge in [-0.15, -0.1) is 0 Å². The third kappa shape index (κ3) is 3.61. The summed E-state index contributed by atoms with van der Waals surface area (Å²) in [6.45, 7) is 2.30. The van der Waals surface area contributed by atoms with Crippen LogP contribution in [0.2, 0.25) is 0 Å². The minimum Gasteiger partial charge on any atom is -0.395 e. The van der Waals surface area contributed by atoms with Crippen molar-refractivity contribution in [3.63, 3.8) is 0 Å². The highest BCUT2D eigenvalue weighted by atomic mass is 16.6. The molecule has 4 nitrogen and oxygen atoms in total. The molecule has 0 spiro atoms. The Labute approximate surface area is 59.1 Å². The normalized spacial score (nSPS) is 10.2. The zero-order valence-corrected chi connectivity index (χ0v) is 5.63. The van der Waals surface area contributed by atoms with E-state index in [1.54, 1.807) is 0 Å². The van der Waals surface area contributed by atoms with Crippen molar-refractivity contribution in [2.45, 2.75) is 13.3 Å². The van der Waals surface area contributed by atoms with Crippen molar-refractivity contribution >= 4 is 12.0 Å². The average molecular weight is 139 g/mol. The molecule has 0 saturated heterocycles. The zero-order valence-electron chi connectivity index (χ0n) is 5.63. The van der Waals surface area contributed by atoms with Gasteiger partial charge in [-0.3, -0.25) is 4.79 Å². The number of oxime groups is 1. The molecular formula is C6H7N2O2. The molecule has 4 heteroatoms. The van der Waals surface area contributed by atoms with Gasteiger partial charge in [0.25, 0.3) is 6.29 Å². The van der Waals surface area contributed by atoms with Crippen molar-refractivity contribution in [1.29, 1.82) is 5.26 Å². The fourth-order valence-corrected chi connectivity index (χ4v) is 0.263. The molecule has 0 atom stereocenters. The molecule has 0 fully saturated rings. The van der Waals surface area contributed by atoms with Crippen molar-refractivity contribution in [3.05, 3.63) is 0 Å². The molecule has 0 amide bonds. The molecule has 0 aromatic rings. The van der Waals surface area contributed by atoms with Gasteiger partial charge in [0.05, 0.1) is 0 Å². The van der Waals surface area contributed by atoms with Gasteiger partial charge < -0.3 is 4.84 Å². The lowest BCUT2D eigenvalue weighted by Gasteiger charge is -1.91. The number of hydrogen-bond donors (Lipinski definition) is 0. The van der Waals surface area contributed by atoms with E-state index in [1.165, 1.54) is 12.4 Å². The van der Waals surface area contributed by atoms with Gasteiger partial charge in [0.1, 0.15) is 12.7 Å². The molecule has 0 bridgehead atoms. The Bertz CT molecular complexity index is 169.